The minimum Gasteiger partial charge on any atom is -0.318 e. The zero-order chi connectivity index (χ0) is 20.8. The summed E-state index contributed by atoms with van der Waals surface area (Å²) in [7, 11) is 0. The molecule has 6 heteroatoms. The zero-order valence-electron chi connectivity index (χ0n) is 16.8. The Bertz CT molecular complexity index is 1030. The lowest BCUT2D eigenvalue weighted by molar-refractivity contribution is -0.118. The number of amides is 1. The fourth-order valence-corrected chi connectivity index (χ4v) is 4.16. The lowest BCUT2D eigenvalue weighted by Crippen LogP contribution is -2.19. The largest absolute Gasteiger partial charge is 0.318 e. The van der Waals surface area contributed by atoms with Gasteiger partial charge in [-0.25, -0.2) is 5.43 Å². The molecule has 0 aliphatic rings. The highest BCUT2D eigenvalue weighted by molar-refractivity contribution is 7.99. The highest BCUT2D eigenvalue weighted by Gasteiger charge is 2.09. The Labute approximate surface area is 181 Å². The van der Waals surface area contributed by atoms with Gasteiger partial charge in [-0.3, -0.25) is 4.79 Å². The van der Waals surface area contributed by atoms with Crippen LogP contribution in [-0.2, 0) is 10.5 Å². The van der Waals surface area contributed by atoms with E-state index in [9.17, 15) is 4.79 Å². The van der Waals surface area contributed by atoms with Gasteiger partial charge in [0.05, 0.1) is 12.0 Å². The summed E-state index contributed by atoms with van der Waals surface area (Å²) in [4.78, 5) is 12.1. The standard InChI is InChI=1S/C23H24ClN3OS/c1-16-6-4-5-7-19(16)14-29-15-23(28)26-25-13-20-12-17(2)27(18(20)3)22-10-8-21(24)9-11-22/h4-13H,14-15H2,1-3H3,(H,26,28)/b25-13+. The lowest BCUT2D eigenvalue weighted by atomic mass is 10.1. The van der Waals surface area contributed by atoms with E-state index in [1.165, 1.54) is 11.1 Å². The van der Waals surface area contributed by atoms with E-state index in [-0.39, 0.29) is 5.91 Å². The summed E-state index contributed by atoms with van der Waals surface area (Å²) in [6.07, 6.45) is 1.69. The van der Waals surface area contributed by atoms with E-state index in [1.54, 1.807) is 18.0 Å². The summed E-state index contributed by atoms with van der Waals surface area (Å²) in [5.74, 6) is 1.08. The Balaban J connectivity index is 1.56. The van der Waals surface area contributed by atoms with Crippen LogP contribution in [0.2, 0.25) is 5.02 Å². The van der Waals surface area contributed by atoms with Crippen molar-refractivity contribution in [1.29, 1.82) is 0 Å². The number of carbonyl (C=O) groups excluding carboxylic acids is 1. The van der Waals surface area contributed by atoms with Crippen molar-refractivity contribution in [3.8, 4) is 5.69 Å². The molecule has 4 nitrogen and oxygen atoms in total. The monoisotopic (exact) mass is 425 g/mol. The lowest BCUT2D eigenvalue weighted by Gasteiger charge is -2.09. The first-order chi connectivity index (χ1) is 14.0. The van der Waals surface area contributed by atoms with Crippen LogP contribution in [0.3, 0.4) is 0 Å². The second-order valence-electron chi connectivity index (χ2n) is 6.85. The molecule has 1 amide bonds. The number of carbonyl (C=O) groups is 1. The van der Waals surface area contributed by atoms with Crippen molar-refractivity contribution in [3.63, 3.8) is 0 Å². The third-order valence-corrected chi connectivity index (χ3v) is 5.93. The van der Waals surface area contributed by atoms with Crippen molar-refractivity contribution >= 4 is 35.5 Å². The van der Waals surface area contributed by atoms with Crippen LogP contribution in [0.1, 0.15) is 28.1 Å². The minimum atomic E-state index is -0.105. The van der Waals surface area contributed by atoms with Crippen molar-refractivity contribution in [2.45, 2.75) is 26.5 Å². The molecule has 0 saturated carbocycles. The average Bonchev–Trinajstić information content (AvgIpc) is 2.98. The molecule has 0 fully saturated rings. The van der Waals surface area contributed by atoms with Gasteiger partial charge in [-0.1, -0.05) is 35.9 Å². The minimum absolute atomic E-state index is 0.105. The van der Waals surface area contributed by atoms with Gasteiger partial charge in [0.2, 0.25) is 5.91 Å². The van der Waals surface area contributed by atoms with E-state index in [4.69, 9.17) is 11.6 Å². The quantitative estimate of drug-likeness (QED) is 0.404. The molecule has 0 spiro atoms. The Morgan fingerprint density at radius 3 is 2.59 bits per heavy atom. The average molecular weight is 426 g/mol. The number of hydrazone groups is 1. The number of aryl methyl sites for hydroxylation is 2. The van der Waals surface area contributed by atoms with Gasteiger partial charge < -0.3 is 4.57 Å². The summed E-state index contributed by atoms with van der Waals surface area (Å²) in [5, 5.41) is 4.84. The van der Waals surface area contributed by atoms with Crippen LogP contribution < -0.4 is 5.43 Å². The van der Waals surface area contributed by atoms with Gasteiger partial charge in [0.25, 0.3) is 0 Å². The number of nitrogens with one attached hydrogen (secondary N) is 1. The maximum absolute atomic E-state index is 12.1. The fourth-order valence-electron chi connectivity index (χ4n) is 3.14. The fraction of sp³-hybridized carbons (Fsp3) is 0.217. The topological polar surface area (TPSA) is 46.4 Å². The first kappa shape index (κ1) is 21.2. The number of aromatic nitrogens is 1. The summed E-state index contributed by atoms with van der Waals surface area (Å²) in [6.45, 7) is 6.16. The van der Waals surface area contributed by atoms with Crippen molar-refractivity contribution in [2.75, 3.05) is 5.75 Å². The zero-order valence-corrected chi connectivity index (χ0v) is 18.3. The number of halogens is 1. The SMILES string of the molecule is Cc1ccccc1CSCC(=O)N/N=C/c1cc(C)n(-c2ccc(Cl)cc2)c1C. The summed E-state index contributed by atoms with van der Waals surface area (Å²) in [6, 6.07) is 18.0. The Kier molecular flexibility index (Phi) is 7.18. The van der Waals surface area contributed by atoms with Gasteiger partial charge in [-0.05, 0) is 62.2 Å². The molecule has 1 aromatic heterocycles. The molecule has 0 aliphatic heterocycles. The summed E-state index contributed by atoms with van der Waals surface area (Å²) >= 11 is 7.57. The Hall–Kier alpha value is -2.50. The Morgan fingerprint density at radius 1 is 1.14 bits per heavy atom. The number of hydrogen-bond acceptors (Lipinski definition) is 3. The van der Waals surface area contributed by atoms with E-state index in [0.29, 0.717) is 10.8 Å². The number of benzene rings is 2. The van der Waals surface area contributed by atoms with Gasteiger partial charge in [-0.15, -0.1) is 11.8 Å². The summed E-state index contributed by atoms with van der Waals surface area (Å²) in [5.41, 5.74) is 9.26. The van der Waals surface area contributed by atoms with Crippen LogP contribution in [0.25, 0.3) is 5.69 Å². The molecular weight excluding hydrogens is 402 g/mol. The van der Waals surface area contributed by atoms with E-state index in [0.717, 1.165) is 28.4 Å². The van der Waals surface area contributed by atoms with Crippen molar-refractivity contribution in [2.24, 2.45) is 5.10 Å². The molecular formula is C23H24ClN3OS. The van der Waals surface area contributed by atoms with Crippen molar-refractivity contribution < 1.29 is 4.79 Å². The molecule has 0 aliphatic carbocycles. The molecule has 0 bridgehead atoms. The van der Waals surface area contributed by atoms with Gasteiger partial charge in [-0.2, -0.15) is 5.10 Å². The predicted molar refractivity (Wildman–Crippen MR) is 123 cm³/mol. The van der Waals surface area contributed by atoms with Crippen LogP contribution in [0.5, 0.6) is 0 Å². The molecule has 0 atom stereocenters. The van der Waals surface area contributed by atoms with Crippen LogP contribution in [-0.4, -0.2) is 22.4 Å². The molecule has 1 heterocycles. The van der Waals surface area contributed by atoms with Crippen molar-refractivity contribution in [3.05, 3.63) is 87.7 Å². The number of nitrogens with zero attached hydrogens (tertiary/aromatic N) is 2. The first-order valence-electron chi connectivity index (χ1n) is 9.34. The van der Waals surface area contributed by atoms with Gasteiger partial charge in [0.15, 0.2) is 0 Å². The molecule has 2 aromatic carbocycles. The third-order valence-electron chi connectivity index (χ3n) is 4.70. The Morgan fingerprint density at radius 2 is 1.86 bits per heavy atom. The second kappa shape index (κ2) is 9.81. The molecule has 1 N–H and O–H groups in total. The van der Waals surface area contributed by atoms with E-state index >= 15 is 0 Å². The van der Waals surface area contributed by atoms with E-state index < -0.39 is 0 Å². The van der Waals surface area contributed by atoms with Crippen molar-refractivity contribution in [1.82, 2.24) is 9.99 Å². The first-order valence-corrected chi connectivity index (χ1v) is 10.9. The molecule has 3 aromatic rings. The summed E-state index contributed by atoms with van der Waals surface area (Å²) < 4.78 is 2.14. The maximum Gasteiger partial charge on any atom is 0.250 e. The maximum atomic E-state index is 12.1. The third kappa shape index (κ3) is 5.52. The molecule has 150 valence electrons. The molecule has 0 radical (unpaired) electrons. The van der Waals surface area contributed by atoms with Gasteiger partial charge in [0.1, 0.15) is 0 Å². The number of thioether (sulfide) groups is 1. The normalized spacial score (nSPS) is 11.2. The predicted octanol–water partition coefficient (Wildman–Crippen LogP) is 5.44. The molecule has 29 heavy (non-hydrogen) atoms. The van der Waals surface area contributed by atoms with Gasteiger partial charge in [0, 0.05) is 33.4 Å². The van der Waals surface area contributed by atoms with E-state index in [1.807, 2.05) is 56.3 Å². The van der Waals surface area contributed by atoms with Crippen LogP contribution in [0.15, 0.2) is 59.7 Å². The molecule has 0 saturated heterocycles. The molecule has 0 unspecified atom stereocenters. The second-order valence-corrected chi connectivity index (χ2v) is 8.27. The van der Waals surface area contributed by atoms with Crippen LogP contribution in [0.4, 0.5) is 0 Å². The van der Waals surface area contributed by atoms with Crippen LogP contribution in [0, 0.1) is 20.8 Å². The highest BCUT2D eigenvalue weighted by Crippen LogP contribution is 2.21. The smallest absolute Gasteiger partial charge is 0.250 e. The molecule has 3 rings (SSSR count). The van der Waals surface area contributed by atoms with Gasteiger partial charge >= 0.3 is 0 Å². The van der Waals surface area contributed by atoms with Crippen LogP contribution >= 0.6 is 23.4 Å². The highest BCUT2D eigenvalue weighted by atomic mass is 35.5. The van der Waals surface area contributed by atoms with E-state index in [2.05, 4.69) is 34.2 Å². The number of rotatable bonds is 7. The number of hydrogen-bond donors (Lipinski definition) is 1.